The molecule has 0 atom stereocenters. The van der Waals surface area contributed by atoms with Gasteiger partial charge in [0.2, 0.25) is 0 Å². The summed E-state index contributed by atoms with van der Waals surface area (Å²) < 4.78 is 14.9. The molecule has 24 heavy (non-hydrogen) atoms. The van der Waals surface area contributed by atoms with E-state index < -0.39 is 0 Å². The van der Waals surface area contributed by atoms with Crippen LogP contribution < -0.4 is 0 Å². The summed E-state index contributed by atoms with van der Waals surface area (Å²) in [7, 11) is 2.06. The number of nitrogens with zero attached hydrogens (tertiary/aromatic N) is 4. The average Bonchev–Trinajstić information content (AvgIpc) is 3.01. The van der Waals surface area contributed by atoms with Crippen LogP contribution in [0.4, 0.5) is 4.39 Å². The molecule has 0 radical (unpaired) electrons. The number of halogens is 1. The van der Waals surface area contributed by atoms with Crippen LogP contribution in [0, 0.1) is 5.82 Å². The van der Waals surface area contributed by atoms with Gasteiger partial charge in [-0.3, -0.25) is 4.79 Å². The third-order valence-corrected chi connectivity index (χ3v) is 4.45. The van der Waals surface area contributed by atoms with Gasteiger partial charge in [-0.1, -0.05) is 13.8 Å². The van der Waals surface area contributed by atoms with Gasteiger partial charge in [0.1, 0.15) is 5.82 Å². The molecule has 2 aromatic rings. The molecular weight excluding hydrogens is 307 g/mol. The SMILES string of the molecule is CC(C)c1c(C(=O)N2CCN(C)CC2)cnn1-c1ccc(F)cc1. The zero-order valence-electron chi connectivity index (χ0n) is 14.4. The molecule has 0 aliphatic carbocycles. The van der Waals surface area contributed by atoms with Crippen molar-refractivity contribution in [2.24, 2.45) is 0 Å². The molecule has 0 N–H and O–H groups in total. The minimum absolute atomic E-state index is 0.0279. The Labute approximate surface area is 141 Å². The van der Waals surface area contributed by atoms with Gasteiger partial charge in [-0.2, -0.15) is 5.10 Å². The number of rotatable bonds is 3. The lowest BCUT2D eigenvalue weighted by Crippen LogP contribution is -2.47. The molecule has 1 aliphatic heterocycles. The predicted molar refractivity (Wildman–Crippen MR) is 91.0 cm³/mol. The molecule has 1 aromatic heterocycles. The standard InChI is InChI=1S/C18H23FN4O/c1-13(2)17-16(18(24)22-10-8-21(3)9-11-22)12-20-23(17)15-6-4-14(19)5-7-15/h4-7,12-13H,8-11H2,1-3H3. The number of benzene rings is 1. The van der Waals surface area contributed by atoms with Crippen LogP contribution in [0.2, 0.25) is 0 Å². The molecule has 0 bridgehead atoms. The molecule has 5 nitrogen and oxygen atoms in total. The number of aromatic nitrogens is 2. The van der Waals surface area contributed by atoms with E-state index in [9.17, 15) is 9.18 Å². The van der Waals surface area contributed by atoms with Crippen molar-refractivity contribution in [1.29, 1.82) is 0 Å². The summed E-state index contributed by atoms with van der Waals surface area (Å²) in [5.74, 6) is -0.130. The van der Waals surface area contributed by atoms with Gasteiger partial charge in [-0.05, 0) is 37.2 Å². The summed E-state index contributed by atoms with van der Waals surface area (Å²) in [4.78, 5) is 17.0. The number of piperazine rings is 1. The lowest BCUT2D eigenvalue weighted by Gasteiger charge is -2.32. The van der Waals surface area contributed by atoms with Crippen LogP contribution in [0.25, 0.3) is 5.69 Å². The van der Waals surface area contributed by atoms with Crippen LogP contribution in [-0.4, -0.2) is 58.7 Å². The monoisotopic (exact) mass is 330 g/mol. The molecular formula is C18H23FN4O. The Morgan fingerprint density at radius 3 is 2.33 bits per heavy atom. The summed E-state index contributed by atoms with van der Waals surface area (Å²) in [5.41, 5.74) is 2.27. The molecule has 128 valence electrons. The average molecular weight is 330 g/mol. The summed E-state index contributed by atoms with van der Waals surface area (Å²) in [6.45, 7) is 7.31. The Bertz CT molecular complexity index is 715. The minimum atomic E-state index is -0.286. The van der Waals surface area contributed by atoms with Crippen LogP contribution in [0.1, 0.15) is 35.8 Å². The van der Waals surface area contributed by atoms with Crippen molar-refractivity contribution in [2.45, 2.75) is 19.8 Å². The first kappa shape index (κ1) is 16.6. The van der Waals surface area contributed by atoms with E-state index in [2.05, 4.69) is 17.0 Å². The van der Waals surface area contributed by atoms with Gasteiger partial charge >= 0.3 is 0 Å². The highest BCUT2D eigenvalue weighted by Crippen LogP contribution is 2.24. The summed E-state index contributed by atoms with van der Waals surface area (Å²) in [6, 6.07) is 6.17. The Morgan fingerprint density at radius 1 is 1.12 bits per heavy atom. The Hall–Kier alpha value is -2.21. The molecule has 1 amide bonds. The molecule has 1 saturated heterocycles. The van der Waals surface area contributed by atoms with E-state index in [0.717, 1.165) is 37.6 Å². The Kier molecular flexibility index (Phi) is 4.66. The molecule has 0 spiro atoms. The van der Waals surface area contributed by atoms with Crippen molar-refractivity contribution in [3.8, 4) is 5.69 Å². The highest BCUT2D eigenvalue weighted by Gasteiger charge is 2.26. The highest BCUT2D eigenvalue weighted by molar-refractivity contribution is 5.95. The van der Waals surface area contributed by atoms with Gasteiger partial charge in [0.15, 0.2) is 0 Å². The van der Waals surface area contributed by atoms with Gasteiger partial charge in [0.05, 0.1) is 23.1 Å². The Balaban J connectivity index is 1.94. The van der Waals surface area contributed by atoms with Gasteiger partial charge in [-0.15, -0.1) is 0 Å². The second kappa shape index (κ2) is 6.73. The topological polar surface area (TPSA) is 41.4 Å². The zero-order valence-corrected chi connectivity index (χ0v) is 14.4. The maximum atomic E-state index is 13.2. The van der Waals surface area contributed by atoms with Crippen LogP contribution in [0.5, 0.6) is 0 Å². The molecule has 1 aromatic carbocycles. The van der Waals surface area contributed by atoms with E-state index in [-0.39, 0.29) is 17.6 Å². The molecule has 1 aliphatic rings. The van der Waals surface area contributed by atoms with Crippen molar-refractivity contribution in [3.63, 3.8) is 0 Å². The lowest BCUT2D eigenvalue weighted by molar-refractivity contribution is 0.0662. The summed E-state index contributed by atoms with van der Waals surface area (Å²) in [6.07, 6.45) is 1.64. The van der Waals surface area contributed by atoms with E-state index in [0.29, 0.717) is 5.56 Å². The molecule has 2 heterocycles. The van der Waals surface area contributed by atoms with Crippen molar-refractivity contribution in [3.05, 3.63) is 47.5 Å². The van der Waals surface area contributed by atoms with Gasteiger partial charge in [-0.25, -0.2) is 9.07 Å². The largest absolute Gasteiger partial charge is 0.336 e. The van der Waals surface area contributed by atoms with Crippen molar-refractivity contribution < 1.29 is 9.18 Å². The highest BCUT2D eigenvalue weighted by atomic mass is 19.1. The number of likely N-dealkylation sites (N-methyl/N-ethyl adjacent to an activating group) is 1. The van der Waals surface area contributed by atoms with Crippen molar-refractivity contribution in [1.82, 2.24) is 19.6 Å². The number of hydrogen-bond acceptors (Lipinski definition) is 3. The van der Waals surface area contributed by atoms with E-state index in [1.807, 2.05) is 18.7 Å². The molecule has 3 rings (SSSR count). The van der Waals surface area contributed by atoms with Crippen LogP contribution in [0.3, 0.4) is 0 Å². The first-order valence-electron chi connectivity index (χ1n) is 8.29. The van der Waals surface area contributed by atoms with Crippen LogP contribution >= 0.6 is 0 Å². The van der Waals surface area contributed by atoms with E-state index >= 15 is 0 Å². The fourth-order valence-electron chi connectivity index (χ4n) is 3.05. The maximum absolute atomic E-state index is 13.2. The fraction of sp³-hybridized carbons (Fsp3) is 0.444. The molecule has 0 saturated carbocycles. The zero-order chi connectivity index (χ0) is 17.3. The van der Waals surface area contributed by atoms with Crippen molar-refractivity contribution >= 4 is 5.91 Å². The maximum Gasteiger partial charge on any atom is 0.257 e. The number of hydrogen-bond donors (Lipinski definition) is 0. The first-order valence-corrected chi connectivity index (χ1v) is 8.29. The number of carbonyl (C=O) groups excluding carboxylic acids is 1. The van der Waals surface area contributed by atoms with Gasteiger partial charge < -0.3 is 9.80 Å². The van der Waals surface area contributed by atoms with Crippen LogP contribution in [0.15, 0.2) is 30.5 Å². The third kappa shape index (κ3) is 3.19. The second-order valence-electron chi connectivity index (χ2n) is 6.58. The van der Waals surface area contributed by atoms with E-state index in [4.69, 9.17) is 0 Å². The lowest BCUT2D eigenvalue weighted by atomic mass is 10.0. The first-order chi connectivity index (χ1) is 11.5. The summed E-state index contributed by atoms with van der Waals surface area (Å²) >= 11 is 0. The quantitative estimate of drug-likeness (QED) is 0.868. The van der Waals surface area contributed by atoms with Crippen LogP contribution in [-0.2, 0) is 0 Å². The van der Waals surface area contributed by atoms with Gasteiger partial charge in [0, 0.05) is 26.2 Å². The smallest absolute Gasteiger partial charge is 0.257 e. The van der Waals surface area contributed by atoms with Crippen molar-refractivity contribution in [2.75, 3.05) is 33.2 Å². The normalized spacial score (nSPS) is 16.0. The number of carbonyl (C=O) groups is 1. The fourth-order valence-corrected chi connectivity index (χ4v) is 3.05. The molecule has 0 unspecified atom stereocenters. The predicted octanol–water partition coefficient (Wildman–Crippen LogP) is 2.52. The molecule has 6 heteroatoms. The van der Waals surface area contributed by atoms with E-state index in [1.54, 1.807) is 23.0 Å². The minimum Gasteiger partial charge on any atom is -0.336 e. The Morgan fingerprint density at radius 2 is 1.75 bits per heavy atom. The summed E-state index contributed by atoms with van der Waals surface area (Å²) in [5, 5.41) is 4.40. The van der Waals surface area contributed by atoms with Gasteiger partial charge in [0.25, 0.3) is 5.91 Å². The second-order valence-corrected chi connectivity index (χ2v) is 6.58. The number of amides is 1. The van der Waals surface area contributed by atoms with E-state index in [1.165, 1.54) is 12.1 Å². The third-order valence-electron chi connectivity index (χ3n) is 4.45. The molecule has 1 fully saturated rings.